The number of rotatable bonds is 4. The van der Waals surface area contributed by atoms with Crippen molar-refractivity contribution in [3.05, 3.63) is 36.5 Å². The molecule has 0 radical (unpaired) electrons. The van der Waals surface area contributed by atoms with Gasteiger partial charge in [0.15, 0.2) is 0 Å². The van der Waals surface area contributed by atoms with Crippen molar-refractivity contribution in [1.82, 2.24) is 9.71 Å². The summed E-state index contributed by atoms with van der Waals surface area (Å²) in [5, 5.41) is 9.49. The maximum atomic E-state index is 12.2. The van der Waals surface area contributed by atoms with Crippen LogP contribution in [0.1, 0.15) is 6.92 Å². The average Bonchev–Trinajstić information content (AvgIpc) is 2.37. The van der Waals surface area contributed by atoms with Gasteiger partial charge < -0.3 is 5.11 Å². The SMILES string of the molecule is C[C@H](CO)NS(=O)(=O)c1cccc2ncccc12. The van der Waals surface area contributed by atoms with E-state index in [9.17, 15) is 8.42 Å². The molecule has 2 N–H and O–H groups in total. The monoisotopic (exact) mass is 266 g/mol. The van der Waals surface area contributed by atoms with E-state index in [1.807, 2.05) is 0 Å². The Bertz CT molecular complexity index is 650. The van der Waals surface area contributed by atoms with E-state index >= 15 is 0 Å². The van der Waals surface area contributed by atoms with Crippen molar-refractivity contribution in [2.45, 2.75) is 17.9 Å². The normalized spacial score (nSPS) is 13.7. The zero-order chi connectivity index (χ0) is 13.2. The molecule has 0 bridgehead atoms. The third-order valence-electron chi connectivity index (χ3n) is 2.53. The minimum absolute atomic E-state index is 0.174. The predicted octanol–water partition coefficient (Wildman–Crippen LogP) is 0.894. The molecule has 1 aromatic heterocycles. The second kappa shape index (κ2) is 5.01. The van der Waals surface area contributed by atoms with E-state index in [1.165, 1.54) is 6.07 Å². The number of pyridine rings is 1. The van der Waals surface area contributed by atoms with Crippen molar-refractivity contribution in [2.24, 2.45) is 0 Å². The summed E-state index contributed by atoms with van der Waals surface area (Å²) in [6.07, 6.45) is 1.61. The van der Waals surface area contributed by atoms with E-state index in [1.54, 1.807) is 37.4 Å². The van der Waals surface area contributed by atoms with Gasteiger partial charge in [-0.15, -0.1) is 0 Å². The molecule has 1 atom stereocenters. The summed E-state index contributed by atoms with van der Waals surface area (Å²) >= 11 is 0. The molecule has 5 nitrogen and oxygen atoms in total. The molecule has 1 heterocycles. The first-order chi connectivity index (χ1) is 8.54. The van der Waals surface area contributed by atoms with Crippen LogP contribution in [-0.4, -0.2) is 31.2 Å². The molecule has 0 aliphatic carbocycles. The van der Waals surface area contributed by atoms with E-state index in [4.69, 9.17) is 5.11 Å². The Balaban J connectivity index is 2.54. The maximum Gasteiger partial charge on any atom is 0.241 e. The van der Waals surface area contributed by atoms with Gasteiger partial charge in [-0.25, -0.2) is 13.1 Å². The Morgan fingerprint density at radius 2 is 2.11 bits per heavy atom. The number of aliphatic hydroxyl groups is 1. The van der Waals surface area contributed by atoms with Crippen molar-refractivity contribution in [1.29, 1.82) is 0 Å². The van der Waals surface area contributed by atoms with Gasteiger partial charge in [0.2, 0.25) is 10.0 Å². The van der Waals surface area contributed by atoms with Gasteiger partial charge in [-0.1, -0.05) is 6.07 Å². The van der Waals surface area contributed by atoms with Gasteiger partial charge in [-0.05, 0) is 31.2 Å². The minimum Gasteiger partial charge on any atom is -0.395 e. The van der Waals surface area contributed by atoms with Crippen LogP contribution in [0.4, 0.5) is 0 Å². The fourth-order valence-electron chi connectivity index (χ4n) is 1.68. The number of benzene rings is 1. The molecule has 0 saturated heterocycles. The maximum absolute atomic E-state index is 12.2. The second-order valence-corrected chi connectivity index (χ2v) is 5.71. The molecule has 18 heavy (non-hydrogen) atoms. The largest absolute Gasteiger partial charge is 0.395 e. The minimum atomic E-state index is -3.65. The summed E-state index contributed by atoms with van der Waals surface area (Å²) in [7, 11) is -3.65. The van der Waals surface area contributed by atoms with E-state index < -0.39 is 16.1 Å². The van der Waals surface area contributed by atoms with Gasteiger partial charge in [0.25, 0.3) is 0 Å². The van der Waals surface area contributed by atoms with Crippen molar-refractivity contribution in [3.63, 3.8) is 0 Å². The van der Waals surface area contributed by atoms with Crippen LogP contribution >= 0.6 is 0 Å². The lowest BCUT2D eigenvalue weighted by molar-refractivity contribution is 0.265. The summed E-state index contributed by atoms with van der Waals surface area (Å²) in [6, 6.07) is 7.80. The molecular formula is C12H14N2O3S. The van der Waals surface area contributed by atoms with Crippen molar-refractivity contribution >= 4 is 20.9 Å². The van der Waals surface area contributed by atoms with Crippen molar-refractivity contribution in [2.75, 3.05) is 6.61 Å². The first-order valence-electron chi connectivity index (χ1n) is 5.51. The number of hydrogen-bond donors (Lipinski definition) is 2. The quantitative estimate of drug-likeness (QED) is 0.861. The van der Waals surface area contributed by atoms with E-state index in [2.05, 4.69) is 9.71 Å². The molecule has 6 heteroatoms. The summed E-state index contributed by atoms with van der Waals surface area (Å²) in [4.78, 5) is 4.29. The number of sulfonamides is 1. The molecule has 1 aromatic carbocycles. The Kier molecular flexibility index (Phi) is 3.60. The molecule has 2 aromatic rings. The third-order valence-corrected chi connectivity index (χ3v) is 4.17. The topological polar surface area (TPSA) is 79.3 Å². The van der Waals surface area contributed by atoms with Gasteiger partial charge in [0.05, 0.1) is 17.0 Å². The molecule has 0 amide bonds. The zero-order valence-corrected chi connectivity index (χ0v) is 10.7. The van der Waals surface area contributed by atoms with Crippen LogP contribution in [0.5, 0.6) is 0 Å². The number of hydrogen-bond acceptors (Lipinski definition) is 4. The standard InChI is InChI=1S/C12H14N2O3S/c1-9(8-15)14-18(16,17)12-6-2-5-11-10(12)4-3-7-13-11/h2-7,9,14-15H,8H2,1H3/t9-/m1/s1. The molecule has 0 spiro atoms. The Hall–Kier alpha value is -1.50. The third kappa shape index (κ3) is 2.50. The van der Waals surface area contributed by atoms with Gasteiger partial charge in [0.1, 0.15) is 0 Å². The fraction of sp³-hybridized carbons (Fsp3) is 0.250. The number of nitrogens with one attached hydrogen (secondary N) is 1. The van der Waals surface area contributed by atoms with Crippen LogP contribution in [0, 0.1) is 0 Å². The van der Waals surface area contributed by atoms with E-state index in [-0.39, 0.29) is 11.5 Å². The van der Waals surface area contributed by atoms with Crippen LogP contribution in [0.25, 0.3) is 10.9 Å². The summed E-state index contributed by atoms with van der Waals surface area (Å²) in [5.41, 5.74) is 0.622. The molecule has 0 unspecified atom stereocenters. The van der Waals surface area contributed by atoms with E-state index in [0.717, 1.165) is 0 Å². The highest BCUT2D eigenvalue weighted by atomic mass is 32.2. The van der Waals surface area contributed by atoms with Gasteiger partial charge in [-0.3, -0.25) is 4.98 Å². The Morgan fingerprint density at radius 3 is 2.83 bits per heavy atom. The molecule has 96 valence electrons. The molecule has 0 fully saturated rings. The van der Waals surface area contributed by atoms with Crippen LogP contribution in [0.2, 0.25) is 0 Å². The average molecular weight is 266 g/mol. The lowest BCUT2D eigenvalue weighted by atomic mass is 10.2. The molecular weight excluding hydrogens is 252 g/mol. The number of nitrogens with zero attached hydrogens (tertiary/aromatic N) is 1. The molecule has 2 rings (SSSR count). The van der Waals surface area contributed by atoms with E-state index in [0.29, 0.717) is 10.9 Å². The van der Waals surface area contributed by atoms with Crippen molar-refractivity contribution in [3.8, 4) is 0 Å². The highest BCUT2D eigenvalue weighted by Gasteiger charge is 2.19. The second-order valence-electron chi connectivity index (χ2n) is 4.03. The number of fused-ring (bicyclic) bond motifs is 1. The first-order valence-corrected chi connectivity index (χ1v) is 7.00. The summed E-state index contributed by atoms with van der Waals surface area (Å²) in [6.45, 7) is 1.35. The lowest BCUT2D eigenvalue weighted by Gasteiger charge is -2.12. The number of aromatic nitrogens is 1. The van der Waals surface area contributed by atoms with Crippen LogP contribution in [0.3, 0.4) is 0 Å². The predicted molar refractivity (Wildman–Crippen MR) is 68.6 cm³/mol. The highest BCUT2D eigenvalue weighted by Crippen LogP contribution is 2.21. The summed E-state index contributed by atoms with van der Waals surface area (Å²) < 4.78 is 26.7. The zero-order valence-electron chi connectivity index (χ0n) is 9.87. The fourth-order valence-corrected chi connectivity index (χ4v) is 3.13. The molecule has 0 saturated carbocycles. The van der Waals surface area contributed by atoms with Gasteiger partial charge >= 0.3 is 0 Å². The van der Waals surface area contributed by atoms with Gasteiger partial charge in [-0.2, -0.15) is 0 Å². The smallest absolute Gasteiger partial charge is 0.241 e. The van der Waals surface area contributed by atoms with Crippen LogP contribution in [0.15, 0.2) is 41.4 Å². The Morgan fingerprint density at radius 1 is 1.33 bits per heavy atom. The highest BCUT2D eigenvalue weighted by molar-refractivity contribution is 7.89. The molecule has 0 aliphatic rings. The van der Waals surface area contributed by atoms with Crippen LogP contribution < -0.4 is 4.72 Å². The Labute approximate surface area is 106 Å². The first kappa shape index (κ1) is 12.9. The lowest BCUT2D eigenvalue weighted by Crippen LogP contribution is -2.35. The number of aliphatic hydroxyl groups excluding tert-OH is 1. The van der Waals surface area contributed by atoms with Crippen LogP contribution in [-0.2, 0) is 10.0 Å². The summed E-state index contributed by atoms with van der Waals surface area (Å²) in [5.74, 6) is 0. The van der Waals surface area contributed by atoms with Crippen molar-refractivity contribution < 1.29 is 13.5 Å². The molecule has 0 aliphatic heterocycles. The van der Waals surface area contributed by atoms with Gasteiger partial charge in [0, 0.05) is 17.6 Å².